The van der Waals surface area contributed by atoms with Gasteiger partial charge in [-0.3, -0.25) is 0 Å². The minimum absolute atomic E-state index is 0.318. The van der Waals surface area contributed by atoms with Gasteiger partial charge in [-0.25, -0.2) is 0 Å². The van der Waals surface area contributed by atoms with Crippen LogP contribution in [0.4, 0.5) is 0 Å². The third-order valence-electron chi connectivity index (χ3n) is 3.21. The Morgan fingerprint density at radius 2 is 1.88 bits per heavy atom. The molecule has 2 nitrogen and oxygen atoms in total. The van der Waals surface area contributed by atoms with Gasteiger partial charge in [0.2, 0.25) is 0 Å². The summed E-state index contributed by atoms with van der Waals surface area (Å²) in [4.78, 5) is 0. The molecule has 0 bridgehead atoms. The maximum absolute atomic E-state index is 5.54. The lowest BCUT2D eigenvalue weighted by atomic mass is 9.99. The number of nitrogens with one attached hydrogen (secondary N) is 1. The monoisotopic (exact) mass is 235 g/mol. The van der Waals surface area contributed by atoms with E-state index in [-0.39, 0.29) is 0 Å². The number of ether oxygens (including phenoxy) is 1. The molecule has 0 radical (unpaired) electrons. The van der Waals surface area contributed by atoms with Gasteiger partial charge in [-0.15, -0.1) is 0 Å². The van der Waals surface area contributed by atoms with Crippen molar-refractivity contribution in [3.63, 3.8) is 0 Å². The Labute approximate surface area is 105 Å². The van der Waals surface area contributed by atoms with E-state index >= 15 is 0 Å². The first kappa shape index (κ1) is 14.2. The molecule has 0 aromatic heterocycles. The number of rotatable bonds is 8. The molecule has 1 rings (SSSR count). The van der Waals surface area contributed by atoms with Gasteiger partial charge in [0.15, 0.2) is 0 Å². The van der Waals surface area contributed by atoms with E-state index in [4.69, 9.17) is 4.74 Å². The van der Waals surface area contributed by atoms with Crippen LogP contribution in [-0.4, -0.2) is 25.8 Å². The fourth-order valence-electron chi connectivity index (χ4n) is 2.26. The van der Waals surface area contributed by atoms with E-state index in [2.05, 4.69) is 49.5 Å². The zero-order valence-electron chi connectivity index (χ0n) is 11.3. The van der Waals surface area contributed by atoms with E-state index < -0.39 is 0 Å². The van der Waals surface area contributed by atoms with Gasteiger partial charge in [-0.05, 0) is 31.4 Å². The van der Waals surface area contributed by atoms with E-state index in [0.29, 0.717) is 12.1 Å². The molecule has 1 N–H and O–H groups in total. The molecule has 0 saturated carbocycles. The molecule has 17 heavy (non-hydrogen) atoms. The quantitative estimate of drug-likeness (QED) is 0.748. The van der Waals surface area contributed by atoms with E-state index in [1.165, 1.54) is 5.56 Å². The smallest absolute Gasteiger partial charge is 0.0721 e. The Morgan fingerprint density at radius 3 is 2.41 bits per heavy atom. The topological polar surface area (TPSA) is 21.3 Å². The van der Waals surface area contributed by atoms with Crippen LogP contribution in [0.3, 0.4) is 0 Å². The molecular formula is C15H25NO. The van der Waals surface area contributed by atoms with Crippen molar-refractivity contribution in [3.8, 4) is 0 Å². The van der Waals surface area contributed by atoms with Crippen molar-refractivity contribution in [2.75, 3.05) is 13.7 Å². The van der Waals surface area contributed by atoms with E-state index in [1.54, 1.807) is 7.11 Å². The number of likely N-dealkylation sites (N-methyl/N-ethyl adjacent to an activating group) is 1. The van der Waals surface area contributed by atoms with Crippen LogP contribution >= 0.6 is 0 Å². The second kappa shape index (κ2) is 8.26. The zero-order valence-corrected chi connectivity index (χ0v) is 11.3. The molecular weight excluding hydrogens is 210 g/mol. The highest BCUT2D eigenvalue weighted by molar-refractivity contribution is 5.14. The largest absolute Gasteiger partial charge is 0.380 e. The normalized spacial score (nSPS) is 14.5. The standard InChI is InChI=1S/C15H25NO/c1-4-15(17-3)14(16-5-2)12-11-13-9-7-6-8-10-13/h6-10,14-16H,4-5,11-12H2,1-3H3. The SMILES string of the molecule is CCNC(CCc1ccccc1)C(CC)OC. The summed E-state index contributed by atoms with van der Waals surface area (Å²) in [7, 11) is 1.81. The Balaban J connectivity index is 2.49. The van der Waals surface area contributed by atoms with Gasteiger partial charge in [-0.2, -0.15) is 0 Å². The second-order valence-electron chi connectivity index (χ2n) is 4.37. The molecule has 96 valence electrons. The molecule has 2 unspecified atom stereocenters. The molecule has 0 aliphatic carbocycles. The number of hydrogen-bond donors (Lipinski definition) is 1. The second-order valence-corrected chi connectivity index (χ2v) is 4.37. The van der Waals surface area contributed by atoms with E-state index in [9.17, 15) is 0 Å². The molecule has 0 spiro atoms. The first-order valence-electron chi connectivity index (χ1n) is 6.61. The summed E-state index contributed by atoms with van der Waals surface area (Å²) in [5, 5.41) is 3.53. The summed E-state index contributed by atoms with van der Waals surface area (Å²) in [6.45, 7) is 5.33. The number of hydrogen-bond acceptors (Lipinski definition) is 2. The van der Waals surface area contributed by atoms with Crippen molar-refractivity contribution in [2.24, 2.45) is 0 Å². The van der Waals surface area contributed by atoms with Crippen LogP contribution in [-0.2, 0) is 11.2 Å². The minimum Gasteiger partial charge on any atom is -0.380 e. The number of benzene rings is 1. The van der Waals surface area contributed by atoms with Crippen molar-refractivity contribution in [2.45, 2.75) is 45.3 Å². The lowest BCUT2D eigenvalue weighted by Crippen LogP contribution is -2.40. The van der Waals surface area contributed by atoms with Gasteiger partial charge in [0, 0.05) is 13.2 Å². The average molecular weight is 235 g/mol. The molecule has 1 aromatic rings. The summed E-state index contributed by atoms with van der Waals surface area (Å²) in [6, 6.07) is 11.1. The Hall–Kier alpha value is -0.860. The van der Waals surface area contributed by atoms with Gasteiger partial charge in [0.05, 0.1) is 6.10 Å². The predicted molar refractivity (Wildman–Crippen MR) is 73.3 cm³/mol. The molecule has 0 aliphatic rings. The van der Waals surface area contributed by atoms with E-state index in [1.807, 2.05) is 0 Å². The summed E-state index contributed by atoms with van der Waals surface area (Å²) in [5.74, 6) is 0. The number of aryl methyl sites for hydroxylation is 1. The molecule has 0 amide bonds. The van der Waals surface area contributed by atoms with Crippen molar-refractivity contribution in [1.29, 1.82) is 0 Å². The molecule has 0 heterocycles. The van der Waals surface area contributed by atoms with Crippen molar-refractivity contribution < 1.29 is 4.74 Å². The zero-order chi connectivity index (χ0) is 12.5. The first-order valence-corrected chi connectivity index (χ1v) is 6.61. The lowest BCUT2D eigenvalue weighted by molar-refractivity contribution is 0.0631. The van der Waals surface area contributed by atoms with Gasteiger partial charge < -0.3 is 10.1 Å². The Morgan fingerprint density at radius 1 is 1.18 bits per heavy atom. The summed E-state index contributed by atoms with van der Waals surface area (Å²) in [6.07, 6.45) is 3.62. The molecule has 0 saturated heterocycles. The third-order valence-corrected chi connectivity index (χ3v) is 3.21. The number of methoxy groups -OCH3 is 1. The minimum atomic E-state index is 0.318. The van der Waals surface area contributed by atoms with Crippen LogP contribution in [0.5, 0.6) is 0 Å². The van der Waals surface area contributed by atoms with E-state index in [0.717, 1.165) is 25.8 Å². The summed E-state index contributed by atoms with van der Waals surface area (Å²) >= 11 is 0. The van der Waals surface area contributed by atoms with Gasteiger partial charge in [-0.1, -0.05) is 44.2 Å². The van der Waals surface area contributed by atoms with Gasteiger partial charge in [0.25, 0.3) is 0 Å². The van der Waals surface area contributed by atoms with Crippen LogP contribution in [0, 0.1) is 0 Å². The van der Waals surface area contributed by atoms with Gasteiger partial charge >= 0.3 is 0 Å². The fraction of sp³-hybridized carbons (Fsp3) is 0.600. The summed E-state index contributed by atoms with van der Waals surface area (Å²) in [5.41, 5.74) is 1.40. The highest BCUT2D eigenvalue weighted by Crippen LogP contribution is 2.11. The molecule has 1 aromatic carbocycles. The first-order chi connectivity index (χ1) is 8.31. The van der Waals surface area contributed by atoms with Crippen molar-refractivity contribution in [3.05, 3.63) is 35.9 Å². The fourth-order valence-corrected chi connectivity index (χ4v) is 2.26. The Kier molecular flexibility index (Phi) is 6.90. The summed E-state index contributed by atoms with van der Waals surface area (Å²) < 4.78 is 5.54. The maximum atomic E-state index is 5.54. The molecule has 2 heteroatoms. The highest BCUT2D eigenvalue weighted by atomic mass is 16.5. The van der Waals surface area contributed by atoms with Crippen molar-refractivity contribution >= 4 is 0 Å². The highest BCUT2D eigenvalue weighted by Gasteiger charge is 2.18. The van der Waals surface area contributed by atoms with Crippen LogP contribution in [0.25, 0.3) is 0 Å². The molecule has 0 aliphatic heterocycles. The Bertz CT molecular complexity index is 282. The lowest BCUT2D eigenvalue weighted by Gasteiger charge is -2.26. The predicted octanol–water partition coefficient (Wildman–Crippen LogP) is 3.02. The van der Waals surface area contributed by atoms with Crippen LogP contribution in [0.1, 0.15) is 32.3 Å². The van der Waals surface area contributed by atoms with Crippen LogP contribution < -0.4 is 5.32 Å². The molecule has 0 fully saturated rings. The maximum Gasteiger partial charge on any atom is 0.0721 e. The third kappa shape index (κ3) is 4.88. The van der Waals surface area contributed by atoms with Gasteiger partial charge in [0.1, 0.15) is 0 Å². The molecule has 2 atom stereocenters. The average Bonchev–Trinajstić information content (AvgIpc) is 2.38. The van der Waals surface area contributed by atoms with Crippen molar-refractivity contribution in [1.82, 2.24) is 5.32 Å². The van der Waals surface area contributed by atoms with Crippen LogP contribution in [0.2, 0.25) is 0 Å². The van der Waals surface area contributed by atoms with Crippen LogP contribution in [0.15, 0.2) is 30.3 Å².